The molecule has 0 aliphatic rings. The van der Waals surface area contributed by atoms with Crippen molar-refractivity contribution in [3.63, 3.8) is 0 Å². The van der Waals surface area contributed by atoms with Crippen LogP contribution < -0.4 is 0 Å². The second-order valence-electron chi connectivity index (χ2n) is 7.90. The van der Waals surface area contributed by atoms with Crippen molar-refractivity contribution in [3.8, 4) is 0 Å². The van der Waals surface area contributed by atoms with Crippen molar-refractivity contribution in [1.82, 2.24) is 0 Å². The number of carbonyl (C=O) groups is 1. The number of carbonyl (C=O) groups excluding carboxylic acids is 1. The molecule has 2 atom stereocenters. The Hall–Kier alpha value is -0.700. The van der Waals surface area contributed by atoms with E-state index in [9.17, 15) is 22.9 Å². The van der Waals surface area contributed by atoms with Crippen molar-refractivity contribution < 1.29 is 32.3 Å². The van der Waals surface area contributed by atoms with Gasteiger partial charge in [-0.15, -0.1) is 0 Å². The van der Waals surface area contributed by atoms with Crippen molar-refractivity contribution in [3.05, 3.63) is 0 Å². The van der Waals surface area contributed by atoms with E-state index in [1.807, 2.05) is 6.92 Å². The minimum atomic E-state index is -4.26. The van der Waals surface area contributed by atoms with E-state index in [2.05, 4.69) is 6.92 Å². The smallest absolute Gasteiger partial charge is 0.305 e. The lowest BCUT2D eigenvalue weighted by molar-refractivity contribution is -0.145. The molecule has 30 heavy (non-hydrogen) atoms. The first kappa shape index (κ1) is 29.3. The Morgan fingerprint density at radius 2 is 1.40 bits per heavy atom. The molecule has 0 amide bonds. The number of hydrogen-bond acceptors (Lipinski definition) is 6. The Labute approximate surface area is 183 Å². The minimum absolute atomic E-state index is 0.223. The largest absolute Gasteiger partial charge is 0.463 e. The summed E-state index contributed by atoms with van der Waals surface area (Å²) in [5, 5.41) is 9.15. The van der Waals surface area contributed by atoms with Gasteiger partial charge in [-0.05, 0) is 26.2 Å². The summed E-state index contributed by atoms with van der Waals surface area (Å²) in [6.45, 7) is 5.34. The molecule has 0 saturated carbocycles. The molecule has 0 spiro atoms. The van der Waals surface area contributed by atoms with Gasteiger partial charge in [0.15, 0.2) is 0 Å². The first-order valence-electron chi connectivity index (χ1n) is 11.7. The number of unbranched alkanes of at least 4 members (excludes halogenated alkanes) is 9. The predicted molar refractivity (Wildman–Crippen MR) is 119 cm³/mol. The van der Waals surface area contributed by atoms with E-state index in [1.54, 1.807) is 0 Å². The van der Waals surface area contributed by atoms with E-state index < -0.39 is 21.5 Å². The van der Waals surface area contributed by atoms with Crippen LogP contribution in [0.15, 0.2) is 0 Å². The first-order valence-corrected chi connectivity index (χ1v) is 13.2. The molecule has 2 unspecified atom stereocenters. The van der Waals surface area contributed by atoms with Gasteiger partial charge in [-0.1, -0.05) is 71.1 Å². The van der Waals surface area contributed by atoms with E-state index in [4.69, 9.17) is 9.47 Å². The number of rotatable bonds is 21. The Kier molecular flexibility index (Phi) is 18.6. The molecule has 0 aromatic rings. The number of aliphatic hydroxyl groups excluding tert-OH is 1. The zero-order valence-electron chi connectivity index (χ0n) is 19.0. The van der Waals surface area contributed by atoms with Crippen LogP contribution in [0.5, 0.6) is 0 Å². The molecule has 2 N–H and O–H groups in total. The summed E-state index contributed by atoms with van der Waals surface area (Å²) in [4.78, 5) is 11.5. The van der Waals surface area contributed by atoms with Gasteiger partial charge in [0.05, 0.1) is 12.7 Å². The predicted octanol–water partition coefficient (Wildman–Crippen LogP) is 4.66. The van der Waals surface area contributed by atoms with Gasteiger partial charge in [-0.3, -0.25) is 9.35 Å². The Morgan fingerprint density at radius 3 is 2.00 bits per heavy atom. The van der Waals surface area contributed by atoms with Crippen molar-refractivity contribution >= 4 is 16.1 Å². The molecule has 0 saturated heterocycles. The van der Waals surface area contributed by atoms with E-state index in [0.29, 0.717) is 32.5 Å². The summed E-state index contributed by atoms with van der Waals surface area (Å²) in [5.41, 5.74) is 0. The van der Waals surface area contributed by atoms with Gasteiger partial charge in [0.2, 0.25) is 0 Å². The van der Waals surface area contributed by atoms with Crippen LogP contribution in [0, 0.1) is 0 Å². The molecule has 0 aliphatic heterocycles. The standard InChI is InChI=1S/C22H44O7S/c1-3-5-6-7-9-12-15-20(23)21(30(25,26)27)16-13-10-8-11-14-17-22(24)29-19-18-28-4-2/h20-21,23H,3-19H2,1-2H3,(H,25,26,27). The van der Waals surface area contributed by atoms with Gasteiger partial charge in [0, 0.05) is 13.0 Å². The maximum atomic E-state index is 11.7. The summed E-state index contributed by atoms with van der Waals surface area (Å²) in [6, 6.07) is 0. The molecule has 0 bridgehead atoms. The molecule has 0 aromatic heterocycles. The van der Waals surface area contributed by atoms with Crippen molar-refractivity contribution in [2.75, 3.05) is 19.8 Å². The van der Waals surface area contributed by atoms with E-state index in [1.165, 1.54) is 19.3 Å². The molecule has 7 nitrogen and oxygen atoms in total. The molecule has 0 radical (unpaired) electrons. The number of aliphatic hydroxyl groups is 1. The Balaban J connectivity index is 3.91. The molecule has 0 heterocycles. The molecule has 0 aliphatic carbocycles. The molecule has 0 aromatic carbocycles. The van der Waals surface area contributed by atoms with Gasteiger partial charge >= 0.3 is 5.97 Å². The van der Waals surface area contributed by atoms with Crippen molar-refractivity contribution in [2.24, 2.45) is 0 Å². The number of hydrogen-bond donors (Lipinski definition) is 2. The zero-order valence-corrected chi connectivity index (χ0v) is 19.8. The van der Waals surface area contributed by atoms with Gasteiger partial charge in [0.25, 0.3) is 10.1 Å². The summed E-state index contributed by atoms with van der Waals surface area (Å²) in [5.74, 6) is -0.223. The normalized spacial score (nSPS) is 13.9. The third-order valence-electron chi connectivity index (χ3n) is 5.23. The topological polar surface area (TPSA) is 110 Å². The van der Waals surface area contributed by atoms with Crippen LogP contribution >= 0.6 is 0 Å². The molecule has 8 heteroatoms. The Morgan fingerprint density at radius 1 is 0.833 bits per heavy atom. The lowest BCUT2D eigenvalue weighted by Gasteiger charge is -2.20. The third-order valence-corrected chi connectivity index (χ3v) is 6.54. The van der Waals surface area contributed by atoms with Crippen LogP contribution in [-0.4, -0.2) is 55.2 Å². The average Bonchev–Trinajstić information content (AvgIpc) is 2.68. The molecule has 180 valence electrons. The van der Waals surface area contributed by atoms with Crippen LogP contribution in [0.2, 0.25) is 0 Å². The fourth-order valence-corrected chi connectivity index (χ4v) is 4.43. The zero-order chi connectivity index (χ0) is 22.7. The van der Waals surface area contributed by atoms with Gasteiger partial charge < -0.3 is 14.6 Å². The average molecular weight is 453 g/mol. The van der Waals surface area contributed by atoms with E-state index >= 15 is 0 Å². The highest BCUT2D eigenvalue weighted by Crippen LogP contribution is 2.20. The SMILES string of the molecule is CCCCCCCCC(O)C(CCCCCCCC(=O)OCCOCC)S(=O)(=O)O. The quantitative estimate of drug-likeness (QED) is 0.148. The highest BCUT2D eigenvalue weighted by Gasteiger charge is 2.29. The molecular weight excluding hydrogens is 408 g/mol. The van der Waals surface area contributed by atoms with Crippen molar-refractivity contribution in [2.45, 2.75) is 115 Å². The molecular formula is C22H44O7S. The summed E-state index contributed by atoms with van der Waals surface area (Å²) >= 11 is 0. The highest BCUT2D eigenvalue weighted by molar-refractivity contribution is 7.86. The van der Waals surface area contributed by atoms with Crippen molar-refractivity contribution in [1.29, 1.82) is 0 Å². The van der Waals surface area contributed by atoms with Gasteiger partial charge in [0.1, 0.15) is 11.9 Å². The van der Waals surface area contributed by atoms with Gasteiger partial charge in [-0.2, -0.15) is 8.42 Å². The van der Waals surface area contributed by atoms with E-state index in [-0.39, 0.29) is 19.0 Å². The summed E-state index contributed by atoms with van der Waals surface area (Å²) < 4.78 is 42.9. The monoisotopic (exact) mass is 452 g/mol. The number of esters is 1. The first-order chi connectivity index (χ1) is 14.3. The lowest BCUT2D eigenvalue weighted by atomic mass is 10.0. The second-order valence-corrected chi connectivity index (χ2v) is 9.54. The number of ether oxygens (including phenoxy) is 2. The van der Waals surface area contributed by atoms with Crippen LogP contribution in [0.4, 0.5) is 0 Å². The van der Waals surface area contributed by atoms with Gasteiger partial charge in [-0.25, -0.2) is 0 Å². The van der Waals surface area contributed by atoms with Crippen LogP contribution in [0.3, 0.4) is 0 Å². The van der Waals surface area contributed by atoms with E-state index in [0.717, 1.165) is 44.9 Å². The highest BCUT2D eigenvalue weighted by atomic mass is 32.2. The Bertz CT molecular complexity index is 508. The third kappa shape index (κ3) is 17.0. The molecule has 0 fully saturated rings. The molecule has 0 rings (SSSR count). The maximum Gasteiger partial charge on any atom is 0.305 e. The fraction of sp³-hybridized carbons (Fsp3) is 0.955. The fourth-order valence-electron chi connectivity index (χ4n) is 3.44. The van der Waals surface area contributed by atoms with Crippen LogP contribution in [-0.2, 0) is 24.4 Å². The minimum Gasteiger partial charge on any atom is -0.463 e. The van der Waals surface area contributed by atoms with Crippen LogP contribution in [0.25, 0.3) is 0 Å². The second kappa shape index (κ2) is 19.0. The van der Waals surface area contributed by atoms with Crippen LogP contribution in [0.1, 0.15) is 104 Å². The summed E-state index contributed by atoms with van der Waals surface area (Å²) in [6.07, 6.45) is 10.3. The lowest BCUT2D eigenvalue weighted by Crippen LogP contribution is -2.33. The maximum absolute atomic E-state index is 11.7. The summed E-state index contributed by atoms with van der Waals surface area (Å²) in [7, 11) is -4.26.